The molecule has 1 aromatic heterocycles. The highest BCUT2D eigenvalue weighted by Gasteiger charge is 2.35. The zero-order valence-corrected chi connectivity index (χ0v) is 23.5. The zero-order chi connectivity index (χ0) is 24.7. The van der Waals surface area contributed by atoms with Crippen LogP contribution in [0.5, 0.6) is 0 Å². The fourth-order valence-electron chi connectivity index (χ4n) is 3.93. The number of halogens is 4. The van der Waals surface area contributed by atoms with Crippen molar-refractivity contribution < 1.29 is 9.59 Å². The van der Waals surface area contributed by atoms with Gasteiger partial charge in [-0.2, -0.15) is 0 Å². The predicted molar refractivity (Wildman–Crippen MR) is 151 cm³/mol. The third-order valence-corrected chi connectivity index (χ3v) is 8.16. The number of carbonyl (C=O) groups excluding carboxylic acids is 2. The molecule has 176 valence electrons. The minimum absolute atomic E-state index is 0.0921. The van der Waals surface area contributed by atoms with Crippen molar-refractivity contribution in [3.63, 3.8) is 0 Å². The average Bonchev–Trinajstić information content (AvgIpc) is 3.28. The minimum Gasteiger partial charge on any atom is -0.342 e. The molecular formula is C26H16Br2Cl2N2O2S. The topological polar surface area (TPSA) is 42.3 Å². The largest absolute Gasteiger partial charge is 0.342 e. The number of hydrogen-bond donors (Lipinski definition) is 0. The number of amides is 2. The number of thioether (sulfide) groups is 1. The van der Waals surface area contributed by atoms with E-state index in [2.05, 4.69) is 48.6 Å². The summed E-state index contributed by atoms with van der Waals surface area (Å²) in [7, 11) is 0. The van der Waals surface area contributed by atoms with Gasteiger partial charge in [-0.05, 0) is 71.4 Å². The van der Waals surface area contributed by atoms with Gasteiger partial charge in [0.15, 0.2) is 0 Å². The summed E-state index contributed by atoms with van der Waals surface area (Å²) in [5.74, 6) is -0.338. The van der Waals surface area contributed by atoms with Crippen molar-refractivity contribution in [3.8, 4) is 0 Å². The smallest absolute Gasteiger partial charge is 0.293 e. The Morgan fingerprint density at radius 1 is 0.886 bits per heavy atom. The van der Waals surface area contributed by atoms with Gasteiger partial charge in [-0.3, -0.25) is 14.5 Å². The predicted octanol–water partition coefficient (Wildman–Crippen LogP) is 8.76. The van der Waals surface area contributed by atoms with Gasteiger partial charge in [0.05, 0.1) is 11.4 Å². The Morgan fingerprint density at radius 3 is 2.37 bits per heavy atom. The monoisotopic (exact) mass is 648 g/mol. The number of carbonyl (C=O) groups is 2. The van der Waals surface area contributed by atoms with E-state index in [-0.39, 0.29) is 17.7 Å². The third kappa shape index (κ3) is 5.25. The first-order valence-electron chi connectivity index (χ1n) is 10.5. The number of fused-ring (bicyclic) bond motifs is 1. The van der Waals surface area contributed by atoms with E-state index in [4.69, 9.17) is 23.2 Å². The van der Waals surface area contributed by atoms with E-state index >= 15 is 0 Å². The van der Waals surface area contributed by atoms with Crippen molar-refractivity contribution >= 4 is 94.9 Å². The lowest BCUT2D eigenvalue weighted by molar-refractivity contribution is -0.123. The maximum atomic E-state index is 13.2. The van der Waals surface area contributed by atoms with Crippen molar-refractivity contribution in [1.29, 1.82) is 0 Å². The van der Waals surface area contributed by atoms with Gasteiger partial charge < -0.3 is 4.57 Å². The Hall–Kier alpha value is -2.03. The van der Waals surface area contributed by atoms with Crippen LogP contribution in [0.1, 0.15) is 16.7 Å². The van der Waals surface area contributed by atoms with E-state index < -0.39 is 0 Å². The van der Waals surface area contributed by atoms with Crippen molar-refractivity contribution in [2.45, 2.75) is 13.1 Å². The summed E-state index contributed by atoms with van der Waals surface area (Å²) in [6, 6.07) is 19.3. The first-order chi connectivity index (χ1) is 16.8. The molecule has 4 aromatic rings. The minimum atomic E-state index is -0.338. The van der Waals surface area contributed by atoms with Crippen LogP contribution in [0.25, 0.3) is 17.0 Å². The van der Waals surface area contributed by atoms with Crippen molar-refractivity contribution in [3.05, 3.63) is 107 Å². The molecule has 0 aliphatic carbocycles. The summed E-state index contributed by atoms with van der Waals surface area (Å²) < 4.78 is 4.11. The van der Waals surface area contributed by atoms with Gasteiger partial charge in [0.25, 0.3) is 11.1 Å². The average molecular weight is 651 g/mol. The molecule has 1 aliphatic heterocycles. The molecule has 0 atom stereocenters. The molecule has 0 spiro atoms. The highest BCUT2D eigenvalue weighted by Crippen LogP contribution is 2.36. The Kier molecular flexibility index (Phi) is 7.15. The second kappa shape index (κ2) is 10.1. The van der Waals surface area contributed by atoms with E-state index in [9.17, 15) is 9.59 Å². The highest BCUT2D eigenvalue weighted by atomic mass is 79.9. The van der Waals surface area contributed by atoms with Gasteiger partial charge in [0.1, 0.15) is 0 Å². The van der Waals surface area contributed by atoms with Crippen LogP contribution in [0.4, 0.5) is 4.79 Å². The van der Waals surface area contributed by atoms with Crippen LogP contribution < -0.4 is 0 Å². The fourth-order valence-corrected chi connectivity index (χ4v) is 5.85. The number of imide groups is 1. The Labute approximate surface area is 233 Å². The first kappa shape index (κ1) is 24.7. The van der Waals surface area contributed by atoms with Crippen molar-refractivity contribution in [2.24, 2.45) is 0 Å². The van der Waals surface area contributed by atoms with E-state index in [1.165, 1.54) is 4.90 Å². The molecule has 35 heavy (non-hydrogen) atoms. The molecule has 9 heteroatoms. The Morgan fingerprint density at radius 2 is 1.63 bits per heavy atom. The standard InChI is InChI=1S/C26H16Br2Cl2N2O2S/c27-18-4-1-15(2-5-18)12-31-13-17(21-10-19(28)6-8-23(21)31)9-24-25(33)32(26(34)35-24)14-16-3-7-20(29)11-22(16)30/h1-11,13H,12,14H2/b24-9-. The fraction of sp³-hybridized carbons (Fsp3) is 0.0769. The molecule has 0 radical (unpaired) electrons. The summed E-state index contributed by atoms with van der Waals surface area (Å²) in [5, 5.41) is 1.58. The molecule has 0 bridgehead atoms. The SMILES string of the molecule is O=C1S/C(=C\c2cn(Cc3ccc(Br)cc3)c3ccc(Br)cc23)C(=O)N1Cc1ccc(Cl)cc1Cl. The number of rotatable bonds is 5. The Balaban J connectivity index is 1.48. The van der Waals surface area contributed by atoms with Crippen LogP contribution >= 0.6 is 66.8 Å². The van der Waals surface area contributed by atoms with Crippen LogP contribution in [0.15, 0.2) is 80.7 Å². The van der Waals surface area contributed by atoms with Crippen LogP contribution in [-0.4, -0.2) is 20.6 Å². The van der Waals surface area contributed by atoms with Gasteiger partial charge in [0.2, 0.25) is 0 Å². The van der Waals surface area contributed by atoms with Crippen LogP contribution in [0.2, 0.25) is 10.0 Å². The second-order valence-corrected chi connectivity index (χ2v) is 11.7. The summed E-state index contributed by atoms with van der Waals surface area (Å²) in [6.45, 7) is 0.769. The van der Waals surface area contributed by atoms with Gasteiger partial charge in [0, 0.05) is 48.2 Å². The summed E-state index contributed by atoms with van der Waals surface area (Å²) in [4.78, 5) is 27.5. The zero-order valence-electron chi connectivity index (χ0n) is 18.0. The molecule has 4 nitrogen and oxygen atoms in total. The molecule has 2 heterocycles. The molecule has 1 fully saturated rings. The number of hydrogen-bond acceptors (Lipinski definition) is 3. The third-order valence-electron chi connectivity index (χ3n) is 5.64. The lowest BCUT2D eigenvalue weighted by Gasteiger charge is -2.13. The van der Waals surface area contributed by atoms with Crippen LogP contribution in [0.3, 0.4) is 0 Å². The number of aromatic nitrogens is 1. The highest BCUT2D eigenvalue weighted by molar-refractivity contribution is 9.10. The maximum Gasteiger partial charge on any atom is 0.293 e. The van der Waals surface area contributed by atoms with Gasteiger partial charge in [-0.1, -0.05) is 73.3 Å². The molecule has 5 rings (SSSR count). The molecule has 1 aliphatic rings. The lowest BCUT2D eigenvalue weighted by atomic mass is 10.1. The summed E-state index contributed by atoms with van der Waals surface area (Å²) in [5.41, 5.74) is 3.72. The second-order valence-electron chi connectivity index (χ2n) is 8.00. The number of benzene rings is 3. The van der Waals surface area contributed by atoms with Gasteiger partial charge in [-0.15, -0.1) is 0 Å². The summed E-state index contributed by atoms with van der Waals surface area (Å²) >= 11 is 20.2. The first-order valence-corrected chi connectivity index (χ1v) is 13.7. The van der Waals surface area contributed by atoms with Crippen LogP contribution in [0, 0.1) is 0 Å². The van der Waals surface area contributed by atoms with Gasteiger partial charge >= 0.3 is 0 Å². The summed E-state index contributed by atoms with van der Waals surface area (Å²) in [6.07, 6.45) is 3.81. The van der Waals surface area contributed by atoms with Crippen molar-refractivity contribution in [2.75, 3.05) is 0 Å². The molecule has 0 N–H and O–H groups in total. The van der Waals surface area contributed by atoms with Gasteiger partial charge in [-0.25, -0.2) is 0 Å². The van der Waals surface area contributed by atoms with E-state index in [1.54, 1.807) is 24.3 Å². The lowest BCUT2D eigenvalue weighted by Crippen LogP contribution is -2.27. The van der Waals surface area contributed by atoms with Crippen molar-refractivity contribution in [1.82, 2.24) is 9.47 Å². The molecule has 0 unspecified atom stereocenters. The normalized spacial score (nSPS) is 15.1. The molecule has 2 amide bonds. The van der Waals surface area contributed by atoms with E-state index in [0.29, 0.717) is 27.1 Å². The molecule has 3 aromatic carbocycles. The van der Waals surface area contributed by atoms with E-state index in [1.807, 2.05) is 36.5 Å². The van der Waals surface area contributed by atoms with E-state index in [0.717, 1.165) is 42.7 Å². The Bertz CT molecular complexity index is 1520. The maximum absolute atomic E-state index is 13.2. The quantitative estimate of drug-likeness (QED) is 0.203. The molecular weight excluding hydrogens is 635 g/mol. The number of nitrogens with zero attached hydrogens (tertiary/aromatic N) is 2. The van der Waals surface area contributed by atoms with Crippen LogP contribution in [-0.2, 0) is 17.9 Å². The molecule has 1 saturated heterocycles. The molecule has 0 saturated carbocycles.